The van der Waals surface area contributed by atoms with E-state index < -0.39 is 0 Å². The highest BCUT2D eigenvalue weighted by molar-refractivity contribution is 5.46. The van der Waals surface area contributed by atoms with E-state index in [1.165, 1.54) is 5.56 Å². The van der Waals surface area contributed by atoms with E-state index in [0.717, 1.165) is 29.3 Å². The maximum Gasteiger partial charge on any atom is 0.0825 e. The van der Waals surface area contributed by atoms with Crippen molar-refractivity contribution in [2.45, 2.75) is 27.3 Å². The number of anilines is 1. The first-order valence-electron chi connectivity index (χ1n) is 5.32. The molecular weight excluding hydrogens is 202 g/mol. The highest BCUT2D eigenvalue weighted by atomic mass is 15.3. The number of H-pyrrole nitrogens is 1. The third-order valence-electron chi connectivity index (χ3n) is 2.75. The number of nitrogens with zero attached hydrogens (tertiary/aromatic N) is 3. The average molecular weight is 219 g/mol. The van der Waals surface area contributed by atoms with Crippen LogP contribution in [-0.2, 0) is 13.6 Å². The number of nitrogens with one attached hydrogen (secondary N) is 2. The van der Waals surface area contributed by atoms with Crippen molar-refractivity contribution < 1.29 is 0 Å². The summed E-state index contributed by atoms with van der Waals surface area (Å²) in [5.74, 6) is 0. The summed E-state index contributed by atoms with van der Waals surface area (Å²) in [5.41, 5.74) is 5.48. The zero-order valence-electron chi connectivity index (χ0n) is 10.1. The second-order valence-corrected chi connectivity index (χ2v) is 4.07. The Morgan fingerprint density at radius 2 is 2.06 bits per heavy atom. The molecule has 2 heterocycles. The highest BCUT2D eigenvalue weighted by Crippen LogP contribution is 2.15. The van der Waals surface area contributed by atoms with Gasteiger partial charge in [0.1, 0.15) is 0 Å². The van der Waals surface area contributed by atoms with Crippen LogP contribution in [0.5, 0.6) is 0 Å². The topological polar surface area (TPSA) is 58.5 Å². The molecule has 0 atom stereocenters. The lowest BCUT2D eigenvalue weighted by atomic mass is 10.2. The third-order valence-corrected chi connectivity index (χ3v) is 2.75. The van der Waals surface area contributed by atoms with Crippen molar-refractivity contribution >= 4 is 5.69 Å². The molecule has 0 aliphatic carbocycles. The van der Waals surface area contributed by atoms with Gasteiger partial charge in [0.15, 0.2) is 0 Å². The van der Waals surface area contributed by atoms with Crippen molar-refractivity contribution in [3.8, 4) is 0 Å². The summed E-state index contributed by atoms with van der Waals surface area (Å²) in [5, 5.41) is 14.8. The van der Waals surface area contributed by atoms with E-state index in [-0.39, 0.29) is 0 Å². The minimum Gasteiger partial charge on any atom is -0.378 e. The van der Waals surface area contributed by atoms with Crippen molar-refractivity contribution in [2.75, 3.05) is 5.32 Å². The summed E-state index contributed by atoms with van der Waals surface area (Å²) in [7, 11) is 1.92. The Morgan fingerprint density at radius 3 is 2.56 bits per heavy atom. The molecule has 0 saturated heterocycles. The van der Waals surface area contributed by atoms with Crippen LogP contribution in [0.4, 0.5) is 5.69 Å². The van der Waals surface area contributed by atoms with Crippen LogP contribution in [0.25, 0.3) is 0 Å². The molecule has 0 aromatic carbocycles. The van der Waals surface area contributed by atoms with Gasteiger partial charge in [-0.05, 0) is 20.8 Å². The second-order valence-electron chi connectivity index (χ2n) is 4.07. The molecule has 86 valence electrons. The molecule has 5 nitrogen and oxygen atoms in total. The maximum absolute atomic E-state index is 4.29. The summed E-state index contributed by atoms with van der Waals surface area (Å²) in [6.45, 7) is 6.82. The quantitative estimate of drug-likeness (QED) is 0.825. The lowest BCUT2D eigenvalue weighted by Crippen LogP contribution is -2.01. The normalized spacial score (nSPS) is 10.8. The maximum atomic E-state index is 4.29. The van der Waals surface area contributed by atoms with Crippen LogP contribution in [0.2, 0.25) is 0 Å². The fourth-order valence-corrected chi connectivity index (χ4v) is 1.79. The van der Waals surface area contributed by atoms with Gasteiger partial charge in [-0.15, -0.1) is 0 Å². The number of rotatable bonds is 3. The van der Waals surface area contributed by atoms with Crippen LogP contribution < -0.4 is 5.32 Å². The predicted molar refractivity (Wildman–Crippen MR) is 63.3 cm³/mol. The Bertz CT molecular complexity index is 475. The van der Waals surface area contributed by atoms with E-state index in [0.29, 0.717) is 0 Å². The molecule has 0 aliphatic rings. The Balaban J connectivity index is 2.11. The van der Waals surface area contributed by atoms with Gasteiger partial charge in [0.2, 0.25) is 0 Å². The van der Waals surface area contributed by atoms with Gasteiger partial charge in [-0.25, -0.2) is 0 Å². The number of hydrogen-bond donors (Lipinski definition) is 2. The van der Waals surface area contributed by atoms with Gasteiger partial charge in [-0.3, -0.25) is 9.78 Å². The van der Waals surface area contributed by atoms with Gasteiger partial charge in [0, 0.05) is 31.0 Å². The van der Waals surface area contributed by atoms with Crippen LogP contribution >= 0.6 is 0 Å². The van der Waals surface area contributed by atoms with Crippen LogP contribution in [0.1, 0.15) is 22.6 Å². The zero-order valence-corrected chi connectivity index (χ0v) is 10.1. The molecule has 2 rings (SSSR count). The molecular formula is C11H17N5. The van der Waals surface area contributed by atoms with E-state index in [4.69, 9.17) is 0 Å². The fraction of sp³-hybridized carbons (Fsp3) is 0.455. The molecule has 0 radical (unpaired) electrons. The monoisotopic (exact) mass is 219 g/mol. The molecule has 2 aromatic rings. The minimum atomic E-state index is 0.778. The summed E-state index contributed by atoms with van der Waals surface area (Å²) in [6, 6.07) is 0. The molecule has 5 heteroatoms. The summed E-state index contributed by atoms with van der Waals surface area (Å²) in [4.78, 5) is 0. The smallest absolute Gasteiger partial charge is 0.0825 e. The van der Waals surface area contributed by atoms with Crippen molar-refractivity contribution in [2.24, 2.45) is 7.05 Å². The Hall–Kier alpha value is -1.78. The van der Waals surface area contributed by atoms with Gasteiger partial charge in [0.25, 0.3) is 0 Å². The SMILES string of the molecule is Cc1nn(C)cc1NCc1c(C)n[nH]c1C. The van der Waals surface area contributed by atoms with E-state index >= 15 is 0 Å². The summed E-state index contributed by atoms with van der Waals surface area (Å²) in [6.07, 6.45) is 1.99. The molecule has 0 unspecified atom stereocenters. The van der Waals surface area contributed by atoms with Gasteiger partial charge in [0.05, 0.1) is 17.1 Å². The molecule has 2 aromatic heterocycles. The predicted octanol–water partition coefficient (Wildman–Crippen LogP) is 1.68. The van der Waals surface area contributed by atoms with Gasteiger partial charge >= 0.3 is 0 Å². The van der Waals surface area contributed by atoms with Crippen molar-refractivity contribution in [1.82, 2.24) is 20.0 Å². The first kappa shape index (κ1) is 10.7. The lowest BCUT2D eigenvalue weighted by Gasteiger charge is -2.04. The minimum absolute atomic E-state index is 0.778. The molecule has 0 amide bonds. The first-order valence-corrected chi connectivity index (χ1v) is 5.32. The van der Waals surface area contributed by atoms with Gasteiger partial charge in [-0.1, -0.05) is 0 Å². The number of aromatic amines is 1. The molecule has 0 saturated carbocycles. The van der Waals surface area contributed by atoms with Gasteiger partial charge < -0.3 is 5.32 Å². The largest absolute Gasteiger partial charge is 0.378 e. The standard InChI is InChI=1S/C11H17N5/c1-7-10(8(2)14-13-7)5-12-11-6-16(4)15-9(11)3/h6,12H,5H2,1-4H3,(H,13,14). The van der Waals surface area contributed by atoms with Crippen molar-refractivity contribution in [1.29, 1.82) is 0 Å². The fourth-order valence-electron chi connectivity index (χ4n) is 1.79. The highest BCUT2D eigenvalue weighted by Gasteiger charge is 2.07. The molecule has 0 spiro atoms. The number of hydrogen-bond acceptors (Lipinski definition) is 3. The van der Waals surface area contributed by atoms with E-state index in [1.54, 1.807) is 0 Å². The van der Waals surface area contributed by atoms with Crippen molar-refractivity contribution in [3.05, 3.63) is 28.8 Å². The third kappa shape index (κ3) is 1.93. The van der Waals surface area contributed by atoms with E-state index in [1.807, 2.05) is 38.7 Å². The number of aromatic nitrogens is 4. The molecule has 16 heavy (non-hydrogen) atoms. The molecule has 2 N–H and O–H groups in total. The van der Waals surface area contributed by atoms with E-state index in [2.05, 4.69) is 20.6 Å². The lowest BCUT2D eigenvalue weighted by molar-refractivity contribution is 0.756. The Labute approximate surface area is 94.9 Å². The Morgan fingerprint density at radius 1 is 1.31 bits per heavy atom. The Kier molecular flexibility index (Phi) is 2.68. The van der Waals surface area contributed by atoms with Crippen molar-refractivity contribution in [3.63, 3.8) is 0 Å². The second kappa shape index (κ2) is 4.00. The first-order chi connectivity index (χ1) is 7.58. The molecule has 0 bridgehead atoms. The molecule has 0 fully saturated rings. The average Bonchev–Trinajstić information content (AvgIpc) is 2.69. The van der Waals surface area contributed by atoms with Gasteiger partial charge in [-0.2, -0.15) is 10.2 Å². The van der Waals surface area contributed by atoms with Crippen LogP contribution in [-0.4, -0.2) is 20.0 Å². The van der Waals surface area contributed by atoms with Crippen LogP contribution in [0, 0.1) is 20.8 Å². The number of aryl methyl sites for hydroxylation is 4. The van der Waals surface area contributed by atoms with Crippen LogP contribution in [0.15, 0.2) is 6.20 Å². The summed E-state index contributed by atoms with van der Waals surface area (Å²) >= 11 is 0. The zero-order chi connectivity index (χ0) is 11.7. The summed E-state index contributed by atoms with van der Waals surface area (Å²) < 4.78 is 1.81. The van der Waals surface area contributed by atoms with Crippen LogP contribution in [0.3, 0.4) is 0 Å². The molecule has 0 aliphatic heterocycles. The van der Waals surface area contributed by atoms with E-state index in [9.17, 15) is 0 Å².